The Morgan fingerprint density at radius 1 is 0.354 bits per heavy atom. The lowest BCUT2D eigenvalue weighted by atomic mass is 9.82. The maximum absolute atomic E-state index is 5.39. The number of hydrogen-bond acceptors (Lipinski definition) is 2. The molecule has 0 aliphatic heterocycles. The van der Waals surface area contributed by atoms with Gasteiger partial charge in [-0.3, -0.25) is 4.98 Å². The lowest BCUT2D eigenvalue weighted by molar-refractivity contribution is 0.660. The molecule has 0 spiro atoms. The lowest BCUT2D eigenvalue weighted by Gasteiger charge is -2.21. The molecular weight excluding hydrogens is 581 g/mol. The number of benzene rings is 5. The Morgan fingerprint density at radius 3 is 1.33 bits per heavy atom. The third-order valence-corrected chi connectivity index (χ3v) is 10.8. The Labute approximate surface area is 282 Å². The van der Waals surface area contributed by atoms with Crippen LogP contribution >= 0.6 is 0 Å². The normalized spacial score (nSPS) is 14.6. The molecule has 2 heteroatoms. The fourth-order valence-corrected chi connectivity index (χ4v) is 8.12. The van der Waals surface area contributed by atoms with Gasteiger partial charge >= 0.3 is 0 Å². The van der Waals surface area contributed by atoms with Gasteiger partial charge in [0.25, 0.3) is 0 Å². The van der Waals surface area contributed by atoms with Gasteiger partial charge in [-0.15, -0.1) is 0 Å². The molecule has 0 radical (unpaired) electrons. The minimum atomic E-state index is -0.0330. The maximum atomic E-state index is 5.39. The molecule has 2 heterocycles. The van der Waals surface area contributed by atoms with Gasteiger partial charge in [-0.1, -0.05) is 131 Å². The highest BCUT2D eigenvalue weighted by atomic mass is 14.7. The SMILES string of the molecule is CC1(C)c2ccccc2-c2cc(-c3cc(-c4ccc(-c5ccccn5)cc4)cc(-c4ccc5c(c4)-c4ccccc4C5(C)C)n3)ccc21. The van der Waals surface area contributed by atoms with Crippen LogP contribution in [0.15, 0.2) is 146 Å². The molecule has 0 saturated heterocycles. The summed E-state index contributed by atoms with van der Waals surface area (Å²) >= 11 is 0. The maximum Gasteiger partial charge on any atom is 0.0715 e. The van der Waals surface area contributed by atoms with Crippen LogP contribution in [0.3, 0.4) is 0 Å². The predicted octanol–water partition coefficient (Wildman–Crippen LogP) is 11.8. The van der Waals surface area contributed by atoms with Gasteiger partial charge in [0, 0.05) is 33.7 Å². The van der Waals surface area contributed by atoms with Crippen LogP contribution in [-0.2, 0) is 10.8 Å². The van der Waals surface area contributed by atoms with E-state index in [1.807, 2.05) is 18.3 Å². The van der Waals surface area contributed by atoms with Gasteiger partial charge < -0.3 is 0 Å². The molecule has 2 aliphatic carbocycles. The number of hydrogen-bond donors (Lipinski definition) is 0. The van der Waals surface area contributed by atoms with Gasteiger partial charge in [0.1, 0.15) is 0 Å². The summed E-state index contributed by atoms with van der Waals surface area (Å²) < 4.78 is 0. The van der Waals surface area contributed by atoms with Crippen LogP contribution in [0.2, 0.25) is 0 Å². The summed E-state index contributed by atoms with van der Waals surface area (Å²) in [7, 11) is 0. The minimum Gasteiger partial charge on any atom is -0.256 e. The molecule has 0 atom stereocenters. The average Bonchev–Trinajstić information content (AvgIpc) is 3.51. The van der Waals surface area contributed by atoms with Crippen LogP contribution < -0.4 is 0 Å². The summed E-state index contributed by atoms with van der Waals surface area (Å²) in [5.41, 5.74) is 19.3. The molecule has 230 valence electrons. The average molecular weight is 617 g/mol. The number of rotatable bonds is 4. The zero-order valence-corrected chi connectivity index (χ0v) is 27.8. The van der Waals surface area contributed by atoms with E-state index in [0.717, 1.165) is 44.9 Å². The number of fused-ring (bicyclic) bond motifs is 6. The van der Waals surface area contributed by atoms with Crippen molar-refractivity contribution in [1.82, 2.24) is 9.97 Å². The van der Waals surface area contributed by atoms with Crippen molar-refractivity contribution in [3.63, 3.8) is 0 Å². The van der Waals surface area contributed by atoms with E-state index in [4.69, 9.17) is 4.98 Å². The molecule has 0 N–H and O–H groups in total. The van der Waals surface area contributed by atoms with Crippen molar-refractivity contribution in [2.45, 2.75) is 38.5 Å². The Kier molecular flexibility index (Phi) is 6.23. The first kappa shape index (κ1) is 28.6. The summed E-state index contributed by atoms with van der Waals surface area (Å²) in [5.74, 6) is 0. The Balaban J connectivity index is 1.21. The third kappa shape index (κ3) is 4.33. The summed E-state index contributed by atoms with van der Waals surface area (Å²) in [6.45, 7) is 9.32. The molecule has 0 fully saturated rings. The van der Waals surface area contributed by atoms with E-state index in [1.54, 1.807) is 0 Å². The lowest BCUT2D eigenvalue weighted by Crippen LogP contribution is -2.14. The molecule has 2 aromatic heterocycles. The topological polar surface area (TPSA) is 25.8 Å². The van der Waals surface area contributed by atoms with E-state index in [1.165, 1.54) is 44.5 Å². The van der Waals surface area contributed by atoms with E-state index < -0.39 is 0 Å². The van der Waals surface area contributed by atoms with Crippen molar-refractivity contribution in [1.29, 1.82) is 0 Å². The van der Waals surface area contributed by atoms with Crippen molar-refractivity contribution in [3.05, 3.63) is 168 Å². The predicted molar refractivity (Wildman–Crippen MR) is 199 cm³/mol. The highest BCUT2D eigenvalue weighted by Gasteiger charge is 2.36. The zero-order valence-electron chi connectivity index (χ0n) is 27.8. The van der Waals surface area contributed by atoms with Crippen LogP contribution in [0, 0.1) is 0 Å². The molecule has 48 heavy (non-hydrogen) atoms. The molecule has 5 aromatic carbocycles. The number of aromatic nitrogens is 2. The van der Waals surface area contributed by atoms with Crippen LogP contribution in [0.25, 0.3) is 67.2 Å². The van der Waals surface area contributed by atoms with Crippen LogP contribution in [0.5, 0.6) is 0 Å². The van der Waals surface area contributed by atoms with Crippen molar-refractivity contribution in [3.8, 4) is 67.2 Å². The van der Waals surface area contributed by atoms with Crippen molar-refractivity contribution >= 4 is 0 Å². The second-order valence-electron chi connectivity index (χ2n) is 14.3. The van der Waals surface area contributed by atoms with Crippen LogP contribution in [-0.4, -0.2) is 9.97 Å². The molecule has 2 nitrogen and oxygen atoms in total. The molecule has 0 amide bonds. The molecule has 2 aliphatic rings. The smallest absolute Gasteiger partial charge is 0.0715 e. The second kappa shape index (κ2) is 10.5. The summed E-state index contributed by atoms with van der Waals surface area (Å²) in [6.07, 6.45) is 1.84. The second-order valence-corrected chi connectivity index (χ2v) is 14.3. The van der Waals surface area contributed by atoms with Gasteiger partial charge in [-0.25, -0.2) is 4.98 Å². The molecule has 0 saturated carbocycles. The first-order chi connectivity index (χ1) is 23.3. The van der Waals surface area contributed by atoms with Gasteiger partial charge in [0.15, 0.2) is 0 Å². The van der Waals surface area contributed by atoms with E-state index in [2.05, 4.69) is 160 Å². The van der Waals surface area contributed by atoms with E-state index >= 15 is 0 Å². The third-order valence-electron chi connectivity index (χ3n) is 10.8. The van der Waals surface area contributed by atoms with Crippen molar-refractivity contribution < 1.29 is 0 Å². The molecule has 0 unspecified atom stereocenters. The minimum absolute atomic E-state index is 0.0330. The number of pyridine rings is 2. The quantitative estimate of drug-likeness (QED) is 0.197. The summed E-state index contributed by atoms with van der Waals surface area (Å²) in [5, 5.41) is 0. The molecule has 9 rings (SSSR count). The monoisotopic (exact) mass is 616 g/mol. The van der Waals surface area contributed by atoms with E-state index in [9.17, 15) is 0 Å². The van der Waals surface area contributed by atoms with Crippen molar-refractivity contribution in [2.24, 2.45) is 0 Å². The van der Waals surface area contributed by atoms with Gasteiger partial charge in [0.2, 0.25) is 0 Å². The van der Waals surface area contributed by atoms with E-state index in [-0.39, 0.29) is 10.8 Å². The summed E-state index contributed by atoms with van der Waals surface area (Å²) in [6, 6.07) is 50.8. The Bertz CT molecular complexity index is 2250. The highest BCUT2D eigenvalue weighted by molar-refractivity contribution is 5.87. The standard InChI is InChI=1S/C46H36N2/c1-45(2)38-13-7-5-11-34(38)36-25-31(20-22-40(36)45)43-27-33(29-16-18-30(19-17-29)42-15-9-10-24-47-42)28-44(48-43)32-21-23-41-37(26-32)35-12-6-8-14-39(35)46(41,3)4/h5-28H,1-4H3. The fraction of sp³-hybridized carbons (Fsp3) is 0.130. The first-order valence-corrected chi connectivity index (χ1v) is 16.8. The molecular formula is C46H36N2. The van der Waals surface area contributed by atoms with E-state index in [0.29, 0.717) is 0 Å². The van der Waals surface area contributed by atoms with Gasteiger partial charge in [0.05, 0.1) is 17.1 Å². The van der Waals surface area contributed by atoms with Gasteiger partial charge in [-0.2, -0.15) is 0 Å². The Hall–Kier alpha value is -5.60. The highest BCUT2D eigenvalue weighted by Crippen LogP contribution is 2.51. The van der Waals surface area contributed by atoms with Crippen molar-refractivity contribution in [2.75, 3.05) is 0 Å². The largest absolute Gasteiger partial charge is 0.256 e. The van der Waals surface area contributed by atoms with Crippen LogP contribution in [0.1, 0.15) is 49.9 Å². The summed E-state index contributed by atoms with van der Waals surface area (Å²) in [4.78, 5) is 9.95. The first-order valence-electron chi connectivity index (χ1n) is 16.8. The molecule has 7 aromatic rings. The fourth-order valence-electron chi connectivity index (χ4n) is 8.12. The Morgan fingerprint density at radius 2 is 0.812 bits per heavy atom. The van der Waals surface area contributed by atoms with Gasteiger partial charge in [-0.05, 0) is 92.0 Å². The zero-order chi connectivity index (χ0) is 32.6. The molecule has 0 bridgehead atoms. The number of nitrogens with zero attached hydrogens (tertiary/aromatic N) is 2. The van der Waals surface area contributed by atoms with Crippen LogP contribution in [0.4, 0.5) is 0 Å².